The molecular formula is C14H28N2O. The molecule has 1 aliphatic carbocycles. The average molecular weight is 240 g/mol. The molecule has 1 saturated carbocycles. The van der Waals surface area contributed by atoms with E-state index in [9.17, 15) is 0 Å². The van der Waals surface area contributed by atoms with E-state index in [1.807, 2.05) is 0 Å². The van der Waals surface area contributed by atoms with Crippen LogP contribution in [-0.2, 0) is 4.74 Å². The molecule has 3 nitrogen and oxygen atoms in total. The molecule has 0 aromatic rings. The molecule has 17 heavy (non-hydrogen) atoms. The summed E-state index contributed by atoms with van der Waals surface area (Å²) in [7, 11) is 0. The molecule has 0 amide bonds. The van der Waals surface area contributed by atoms with Gasteiger partial charge in [0.25, 0.3) is 0 Å². The summed E-state index contributed by atoms with van der Waals surface area (Å²) in [4.78, 5) is 0. The molecule has 2 aliphatic rings. The van der Waals surface area contributed by atoms with E-state index in [1.54, 1.807) is 0 Å². The Hall–Kier alpha value is -0.120. The summed E-state index contributed by atoms with van der Waals surface area (Å²) in [6, 6.07) is 0.480. The molecule has 0 aromatic heterocycles. The topological polar surface area (TPSA) is 47.3 Å². The van der Waals surface area contributed by atoms with Crippen molar-refractivity contribution in [1.29, 1.82) is 0 Å². The molecule has 2 unspecified atom stereocenters. The summed E-state index contributed by atoms with van der Waals surface area (Å²) in [5, 5.41) is 0. The summed E-state index contributed by atoms with van der Waals surface area (Å²) in [5.41, 5.74) is 3.09. The van der Waals surface area contributed by atoms with Crippen LogP contribution in [-0.4, -0.2) is 19.3 Å². The Morgan fingerprint density at radius 1 is 1.18 bits per heavy atom. The minimum atomic E-state index is 0.480. The smallest absolute Gasteiger partial charge is 0.0509 e. The Kier molecular flexibility index (Phi) is 5.26. The summed E-state index contributed by atoms with van der Waals surface area (Å²) in [6.07, 6.45) is 9.32. The zero-order chi connectivity index (χ0) is 12.1. The zero-order valence-electron chi connectivity index (χ0n) is 11.2. The molecule has 2 rings (SSSR count). The van der Waals surface area contributed by atoms with Crippen LogP contribution in [0.3, 0.4) is 0 Å². The largest absolute Gasteiger partial charge is 0.381 e. The first-order valence-corrected chi connectivity index (χ1v) is 7.39. The SMILES string of the molecule is CCC1CCC(C(NN)C2CCCOC2)CC1. The summed E-state index contributed by atoms with van der Waals surface area (Å²) in [6.45, 7) is 4.16. The van der Waals surface area contributed by atoms with E-state index in [4.69, 9.17) is 10.6 Å². The number of hydrogen-bond acceptors (Lipinski definition) is 3. The van der Waals surface area contributed by atoms with Gasteiger partial charge in [-0.3, -0.25) is 11.3 Å². The fourth-order valence-corrected chi connectivity index (χ4v) is 3.66. The maximum atomic E-state index is 5.80. The second kappa shape index (κ2) is 6.72. The number of nitrogens with two attached hydrogens (primary N) is 1. The number of nitrogens with one attached hydrogen (secondary N) is 1. The first-order valence-electron chi connectivity index (χ1n) is 7.39. The third-order valence-electron chi connectivity index (χ3n) is 4.87. The van der Waals surface area contributed by atoms with Crippen LogP contribution in [0, 0.1) is 17.8 Å². The Labute approximate surface area is 105 Å². The normalized spacial score (nSPS) is 36.7. The molecule has 1 aliphatic heterocycles. The van der Waals surface area contributed by atoms with Crippen LogP contribution in [0.15, 0.2) is 0 Å². The van der Waals surface area contributed by atoms with Crippen molar-refractivity contribution < 1.29 is 4.74 Å². The van der Waals surface area contributed by atoms with Crippen LogP contribution in [0.2, 0.25) is 0 Å². The van der Waals surface area contributed by atoms with Crippen LogP contribution < -0.4 is 11.3 Å². The van der Waals surface area contributed by atoms with Crippen LogP contribution in [0.4, 0.5) is 0 Å². The number of hydrazine groups is 1. The number of hydrogen-bond donors (Lipinski definition) is 2. The fourth-order valence-electron chi connectivity index (χ4n) is 3.66. The van der Waals surface area contributed by atoms with Gasteiger partial charge in [0.05, 0.1) is 6.61 Å². The van der Waals surface area contributed by atoms with Crippen molar-refractivity contribution in [2.45, 2.75) is 57.9 Å². The first-order chi connectivity index (χ1) is 8.35. The molecule has 2 fully saturated rings. The fraction of sp³-hybridized carbons (Fsp3) is 1.00. The van der Waals surface area contributed by atoms with Crippen molar-refractivity contribution in [3.8, 4) is 0 Å². The van der Waals surface area contributed by atoms with Crippen LogP contribution >= 0.6 is 0 Å². The number of rotatable bonds is 4. The van der Waals surface area contributed by atoms with Crippen molar-refractivity contribution in [2.24, 2.45) is 23.6 Å². The highest BCUT2D eigenvalue weighted by molar-refractivity contribution is 4.86. The molecular weight excluding hydrogens is 212 g/mol. The van der Waals surface area contributed by atoms with Gasteiger partial charge < -0.3 is 4.74 Å². The molecule has 2 atom stereocenters. The van der Waals surface area contributed by atoms with Gasteiger partial charge in [0.15, 0.2) is 0 Å². The second-order valence-electron chi connectivity index (χ2n) is 5.86. The third kappa shape index (κ3) is 3.43. The van der Waals surface area contributed by atoms with E-state index in [0.29, 0.717) is 12.0 Å². The first kappa shape index (κ1) is 13.3. The van der Waals surface area contributed by atoms with E-state index in [-0.39, 0.29) is 0 Å². The third-order valence-corrected chi connectivity index (χ3v) is 4.87. The van der Waals surface area contributed by atoms with E-state index < -0.39 is 0 Å². The lowest BCUT2D eigenvalue weighted by atomic mass is 9.73. The zero-order valence-corrected chi connectivity index (χ0v) is 11.2. The molecule has 1 saturated heterocycles. The van der Waals surface area contributed by atoms with E-state index in [2.05, 4.69) is 12.3 Å². The van der Waals surface area contributed by atoms with Gasteiger partial charge in [-0.05, 0) is 43.4 Å². The maximum Gasteiger partial charge on any atom is 0.0509 e. The molecule has 0 bridgehead atoms. The highest BCUT2D eigenvalue weighted by Gasteiger charge is 2.32. The highest BCUT2D eigenvalue weighted by atomic mass is 16.5. The lowest BCUT2D eigenvalue weighted by Crippen LogP contribution is -2.49. The Bertz CT molecular complexity index is 208. The van der Waals surface area contributed by atoms with Crippen LogP contribution in [0.25, 0.3) is 0 Å². The van der Waals surface area contributed by atoms with Gasteiger partial charge in [-0.15, -0.1) is 0 Å². The van der Waals surface area contributed by atoms with Gasteiger partial charge in [0.1, 0.15) is 0 Å². The molecule has 0 radical (unpaired) electrons. The highest BCUT2D eigenvalue weighted by Crippen LogP contribution is 2.35. The van der Waals surface area contributed by atoms with Gasteiger partial charge in [-0.2, -0.15) is 0 Å². The molecule has 0 aromatic carbocycles. The lowest BCUT2D eigenvalue weighted by molar-refractivity contribution is 0.0224. The number of ether oxygens (including phenoxy) is 1. The molecule has 0 spiro atoms. The maximum absolute atomic E-state index is 5.80. The predicted molar refractivity (Wildman–Crippen MR) is 70.4 cm³/mol. The van der Waals surface area contributed by atoms with Crippen LogP contribution in [0.5, 0.6) is 0 Å². The minimum Gasteiger partial charge on any atom is -0.381 e. The van der Waals surface area contributed by atoms with Crippen molar-refractivity contribution in [2.75, 3.05) is 13.2 Å². The van der Waals surface area contributed by atoms with Gasteiger partial charge in [-0.1, -0.05) is 26.2 Å². The van der Waals surface area contributed by atoms with Gasteiger partial charge in [0.2, 0.25) is 0 Å². The lowest BCUT2D eigenvalue weighted by Gasteiger charge is -2.38. The van der Waals surface area contributed by atoms with Crippen molar-refractivity contribution in [3.05, 3.63) is 0 Å². The average Bonchev–Trinajstić information content (AvgIpc) is 2.42. The predicted octanol–water partition coefficient (Wildman–Crippen LogP) is 2.46. The van der Waals surface area contributed by atoms with E-state index in [0.717, 1.165) is 25.0 Å². The Morgan fingerprint density at radius 2 is 1.94 bits per heavy atom. The second-order valence-corrected chi connectivity index (χ2v) is 5.86. The van der Waals surface area contributed by atoms with Crippen molar-refractivity contribution in [3.63, 3.8) is 0 Å². The van der Waals surface area contributed by atoms with Gasteiger partial charge >= 0.3 is 0 Å². The molecule has 3 heteroatoms. The van der Waals surface area contributed by atoms with Gasteiger partial charge in [0, 0.05) is 12.6 Å². The Balaban J connectivity index is 1.85. The standard InChI is InChI=1S/C14H28N2O/c1-2-11-5-7-12(8-6-11)14(16-15)13-4-3-9-17-10-13/h11-14,16H,2-10,15H2,1H3. The van der Waals surface area contributed by atoms with E-state index >= 15 is 0 Å². The van der Waals surface area contributed by atoms with E-state index in [1.165, 1.54) is 44.9 Å². The minimum absolute atomic E-state index is 0.480. The summed E-state index contributed by atoms with van der Waals surface area (Å²) < 4.78 is 5.60. The molecule has 100 valence electrons. The summed E-state index contributed by atoms with van der Waals surface area (Å²) >= 11 is 0. The quantitative estimate of drug-likeness (QED) is 0.586. The summed E-state index contributed by atoms with van der Waals surface area (Å²) in [5.74, 6) is 8.17. The van der Waals surface area contributed by atoms with Gasteiger partial charge in [-0.25, -0.2) is 0 Å². The molecule has 3 N–H and O–H groups in total. The Morgan fingerprint density at radius 3 is 2.47 bits per heavy atom. The van der Waals surface area contributed by atoms with Crippen molar-refractivity contribution >= 4 is 0 Å². The van der Waals surface area contributed by atoms with Crippen LogP contribution in [0.1, 0.15) is 51.9 Å². The monoisotopic (exact) mass is 240 g/mol. The van der Waals surface area contributed by atoms with Crippen molar-refractivity contribution in [1.82, 2.24) is 5.43 Å². The molecule has 1 heterocycles.